The van der Waals surface area contributed by atoms with Crippen LogP contribution in [0.5, 0.6) is 0 Å². The van der Waals surface area contributed by atoms with Gasteiger partial charge in [0.05, 0.1) is 30.5 Å². The van der Waals surface area contributed by atoms with Crippen LogP contribution in [0, 0.1) is 0 Å². The fourth-order valence-corrected chi connectivity index (χ4v) is 7.14. The maximum Gasteiger partial charge on any atom is 0.213 e. The zero-order valence-electron chi connectivity index (χ0n) is 26.5. The van der Waals surface area contributed by atoms with Crippen LogP contribution in [0.25, 0.3) is 44.3 Å². The van der Waals surface area contributed by atoms with Gasteiger partial charge in [-0.2, -0.15) is 9.13 Å². The Hall–Kier alpha value is -4.38. The maximum absolute atomic E-state index is 6.81. The van der Waals surface area contributed by atoms with Crippen molar-refractivity contribution < 1.29 is 18.6 Å². The average molecular weight is 595 g/mol. The molecule has 0 fully saturated rings. The minimum absolute atomic E-state index is 0.0385. The van der Waals surface area contributed by atoms with Crippen molar-refractivity contribution in [3.05, 3.63) is 132 Å². The maximum atomic E-state index is 6.81. The van der Waals surface area contributed by atoms with Gasteiger partial charge in [-0.15, -0.1) is 0 Å². The van der Waals surface area contributed by atoms with Crippen molar-refractivity contribution in [2.75, 3.05) is 6.61 Å². The van der Waals surface area contributed by atoms with Crippen LogP contribution in [0.2, 0.25) is 0 Å². The molecule has 0 saturated heterocycles. The van der Waals surface area contributed by atoms with Gasteiger partial charge in [0.2, 0.25) is 22.4 Å². The lowest BCUT2D eigenvalue weighted by molar-refractivity contribution is -0.661. The zero-order chi connectivity index (χ0) is 30.8. The molecule has 1 aliphatic heterocycles. The first-order chi connectivity index (χ1) is 22.1. The fraction of sp³-hybridized carbons (Fsp3) is 0.268. The Balaban J connectivity index is 1.00. The average Bonchev–Trinajstić information content (AvgIpc) is 3.22. The topological polar surface area (TPSA) is 26.2 Å². The molecule has 7 rings (SSSR count). The third-order valence-corrected chi connectivity index (χ3v) is 9.35. The second-order valence-corrected chi connectivity index (χ2v) is 12.4. The van der Waals surface area contributed by atoms with E-state index in [2.05, 4.69) is 151 Å². The molecule has 3 atom stereocenters. The lowest BCUT2D eigenvalue weighted by Gasteiger charge is -2.24. The summed E-state index contributed by atoms with van der Waals surface area (Å²) in [5.41, 5.74) is 10.1. The number of para-hydroxylation sites is 2. The van der Waals surface area contributed by atoms with Gasteiger partial charge in [0.25, 0.3) is 0 Å². The van der Waals surface area contributed by atoms with E-state index in [0.29, 0.717) is 6.61 Å². The van der Waals surface area contributed by atoms with E-state index < -0.39 is 0 Å². The number of nitrogens with zero attached hydrogens (tertiary/aromatic N) is 2. The molecule has 0 bridgehead atoms. The summed E-state index contributed by atoms with van der Waals surface area (Å²) in [6, 6.07) is 43.6. The number of benzene rings is 4. The molecule has 0 radical (unpaired) electrons. The minimum Gasteiger partial charge on any atom is -0.378 e. The van der Waals surface area contributed by atoms with Crippen LogP contribution in [0.1, 0.15) is 43.9 Å². The van der Waals surface area contributed by atoms with E-state index in [9.17, 15) is 0 Å². The van der Waals surface area contributed by atoms with Gasteiger partial charge in [0.15, 0.2) is 6.54 Å². The number of pyridine rings is 2. The fourth-order valence-electron chi connectivity index (χ4n) is 7.14. The first-order valence-electron chi connectivity index (χ1n) is 16.3. The number of ether oxygens (including phenoxy) is 2. The van der Waals surface area contributed by atoms with Crippen molar-refractivity contribution in [3.8, 4) is 22.5 Å². The smallest absolute Gasteiger partial charge is 0.213 e. The van der Waals surface area contributed by atoms with E-state index in [-0.39, 0.29) is 18.3 Å². The Bertz CT molecular complexity index is 1970. The highest BCUT2D eigenvalue weighted by Gasteiger charge is 2.30. The number of aromatic nitrogens is 2. The molecule has 0 saturated carbocycles. The van der Waals surface area contributed by atoms with E-state index in [1.165, 1.54) is 55.4 Å². The minimum atomic E-state index is 0.0385. The van der Waals surface area contributed by atoms with E-state index in [1.807, 2.05) is 0 Å². The van der Waals surface area contributed by atoms with Crippen LogP contribution in [0.15, 0.2) is 121 Å². The molecule has 4 heteroatoms. The summed E-state index contributed by atoms with van der Waals surface area (Å²) in [5, 5.41) is 2.52. The van der Waals surface area contributed by atoms with Crippen LogP contribution < -0.4 is 9.13 Å². The summed E-state index contributed by atoms with van der Waals surface area (Å²) in [4.78, 5) is 0. The largest absolute Gasteiger partial charge is 0.378 e. The van der Waals surface area contributed by atoms with Gasteiger partial charge >= 0.3 is 0 Å². The molecule has 0 spiro atoms. The van der Waals surface area contributed by atoms with Gasteiger partial charge in [-0.25, -0.2) is 0 Å². The van der Waals surface area contributed by atoms with Gasteiger partial charge in [0.1, 0.15) is 7.05 Å². The molecule has 2 aromatic heterocycles. The summed E-state index contributed by atoms with van der Waals surface area (Å²) in [7, 11) is 2.15. The number of fused-ring (bicyclic) bond motifs is 6. The molecule has 0 N–H and O–H groups in total. The number of hydrogen-bond acceptors (Lipinski definition) is 2. The summed E-state index contributed by atoms with van der Waals surface area (Å²) in [5.74, 6) is 0. The third kappa shape index (κ3) is 6.01. The molecular formula is C41H42N2O2+2. The van der Waals surface area contributed by atoms with E-state index in [1.54, 1.807) is 0 Å². The number of hydrogen-bond donors (Lipinski definition) is 0. The van der Waals surface area contributed by atoms with Crippen LogP contribution in [0.3, 0.4) is 0 Å². The standard InChI is InChI=1S/C41H42N2O2/c1-29(44-27-25-31-12-4-7-15-34(31)39-22-20-32-13-5-10-18-37(32)42(39)3)28-30(2)45-41-24-26-43-38-19-11-6-14-33(38)21-23-40(43)35-16-8-9-17-36(35)41/h4-23,29-30,41H,24-28H2,1-3H3/q+2. The molecule has 3 heterocycles. The Morgan fingerprint density at radius 3 is 2.13 bits per heavy atom. The summed E-state index contributed by atoms with van der Waals surface area (Å²) in [6.45, 7) is 5.96. The van der Waals surface area contributed by atoms with Gasteiger partial charge in [0, 0.05) is 47.0 Å². The molecule has 1 aliphatic rings. The molecule has 4 aromatic carbocycles. The predicted molar refractivity (Wildman–Crippen MR) is 182 cm³/mol. The lowest BCUT2D eigenvalue weighted by atomic mass is 9.98. The summed E-state index contributed by atoms with van der Waals surface area (Å²) < 4.78 is 18.0. The van der Waals surface area contributed by atoms with Crippen molar-refractivity contribution >= 4 is 21.8 Å². The second-order valence-electron chi connectivity index (χ2n) is 12.4. The summed E-state index contributed by atoms with van der Waals surface area (Å²) in [6.07, 6.45) is 2.86. The van der Waals surface area contributed by atoms with E-state index in [0.717, 1.165) is 25.8 Å². The van der Waals surface area contributed by atoms with Crippen molar-refractivity contribution in [2.24, 2.45) is 7.05 Å². The van der Waals surface area contributed by atoms with Crippen molar-refractivity contribution in [1.29, 1.82) is 0 Å². The van der Waals surface area contributed by atoms with E-state index in [4.69, 9.17) is 9.47 Å². The second kappa shape index (κ2) is 12.9. The van der Waals surface area contributed by atoms with Crippen molar-refractivity contribution in [2.45, 2.75) is 58.0 Å². The molecule has 6 aromatic rings. The third-order valence-electron chi connectivity index (χ3n) is 9.35. The van der Waals surface area contributed by atoms with Gasteiger partial charge < -0.3 is 9.47 Å². The lowest BCUT2D eigenvalue weighted by Crippen LogP contribution is -2.36. The van der Waals surface area contributed by atoms with Gasteiger partial charge in [-0.3, -0.25) is 0 Å². The highest BCUT2D eigenvalue weighted by molar-refractivity contribution is 5.79. The molecule has 0 amide bonds. The first kappa shape index (κ1) is 29.3. The Morgan fingerprint density at radius 2 is 1.31 bits per heavy atom. The SMILES string of the molecule is CC(CC(C)OC1CC[n+]2c(ccc3ccccc32)-c2ccccc21)OCCc1ccccc1-c1ccc2ccccc2[n+]1C. The Labute approximate surface area is 266 Å². The van der Waals surface area contributed by atoms with E-state index >= 15 is 0 Å². The molecule has 4 nitrogen and oxygen atoms in total. The van der Waals surface area contributed by atoms with Crippen molar-refractivity contribution in [3.63, 3.8) is 0 Å². The van der Waals surface area contributed by atoms with Crippen LogP contribution in [0.4, 0.5) is 0 Å². The van der Waals surface area contributed by atoms with Gasteiger partial charge in [-0.05, 0) is 74.2 Å². The molecule has 3 unspecified atom stereocenters. The number of rotatable bonds is 9. The number of aryl methyl sites for hydroxylation is 2. The summed E-state index contributed by atoms with van der Waals surface area (Å²) >= 11 is 0. The molecule has 226 valence electrons. The monoisotopic (exact) mass is 594 g/mol. The van der Waals surface area contributed by atoms with Crippen LogP contribution in [-0.2, 0) is 29.5 Å². The Kier molecular flexibility index (Phi) is 8.43. The normalized spacial score (nSPS) is 15.8. The molecule has 0 aliphatic carbocycles. The zero-order valence-corrected chi connectivity index (χ0v) is 26.5. The van der Waals surface area contributed by atoms with Gasteiger partial charge in [-0.1, -0.05) is 60.7 Å². The highest BCUT2D eigenvalue weighted by atomic mass is 16.5. The van der Waals surface area contributed by atoms with Crippen molar-refractivity contribution in [1.82, 2.24) is 0 Å². The van der Waals surface area contributed by atoms with Crippen LogP contribution in [-0.4, -0.2) is 18.8 Å². The highest BCUT2D eigenvalue weighted by Crippen LogP contribution is 2.35. The Morgan fingerprint density at radius 1 is 0.667 bits per heavy atom. The first-order valence-corrected chi connectivity index (χ1v) is 16.3. The van der Waals surface area contributed by atoms with Crippen LogP contribution >= 0.6 is 0 Å². The molecular weight excluding hydrogens is 552 g/mol. The molecule has 45 heavy (non-hydrogen) atoms. The predicted octanol–water partition coefficient (Wildman–Crippen LogP) is 8.33. The quantitative estimate of drug-likeness (QED) is 0.157.